The summed E-state index contributed by atoms with van der Waals surface area (Å²) in [7, 11) is 0. The second kappa shape index (κ2) is 5.66. The lowest BCUT2D eigenvalue weighted by Gasteiger charge is -2.15. The molecule has 0 aliphatic heterocycles. The van der Waals surface area contributed by atoms with Gasteiger partial charge in [0.1, 0.15) is 0 Å². The minimum absolute atomic E-state index is 0.0124. The lowest BCUT2D eigenvalue weighted by molar-refractivity contribution is -0.143. The van der Waals surface area contributed by atoms with Crippen LogP contribution in [0.1, 0.15) is 17.5 Å². The van der Waals surface area contributed by atoms with Gasteiger partial charge in [-0.3, -0.25) is 0 Å². The van der Waals surface area contributed by atoms with Crippen molar-refractivity contribution in [2.75, 3.05) is 5.32 Å². The quantitative estimate of drug-likeness (QED) is 0.650. The van der Waals surface area contributed by atoms with Gasteiger partial charge in [-0.15, -0.1) is 0 Å². The number of halogens is 6. The van der Waals surface area contributed by atoms with Gasteiger partial charge in [-0.1, -0.05) is 12.2 Å². The Labute approximate surface area is 115 Å². The van der Waals surface area contributed by atoms with Gasteiger partial charge in [-0.25, -0.2) is 0 Å². The summed E-state index contributed by atoms with van der Waals surface area (Å²) in [5.41, 5.74) is -3.36. The molecule has 0 heterocycles. The number of nitrogens with zero attached hydrogens (tertiary/aromatic N) is 1. The van der Waals surface area contributed by atoms with Crippen LogP contribution in [0.2, 0.25) is 0 Å². The number of nitriles is 1. The van der Waals surface area contributed by atoms with Gasteiger partial charge < -0.3 is 5.32 Å². The standard InChI is InChI=1S/C11H6F6N2S/c12-10(13,14)6-3-7(11(15,16)17)5-8(4-6)19-9(20)1-2-18/h3-5H,1H2,(H,19,20). The first-order valence-corrected chi connectivity index (χ1v) is 5.41. The van der Waals surface area contributed by atoms with Crippen molar-refractivity contribution in [1.29, 1.82) is 5.26 Å². The van der Waals surface area contributed by atoms with Crippen LogP contribution in [-0.2, 0) is 12.4 Å². The highest BCUT2D eigenvalue weighted by Crippen LogP contribution is 2.37. The summed E-state index contributed by atoms with van der Waals surface area (Å²) < 4.78 is 75.2. The van der Waals surface area contributed by atoms with E-state index in [1.807, 2.05) is 0 Å². The number of anilines is 1. The van der Waals surface area contributed by atoms with Crippen molar-refractivity contribution in [3.05, 3.63) is 29.3 Å². The Hall–Kier alpha value is -1.82. The number of alkyl halides is 6. The number of hydrogen-bond donors (Lipinski definition) is 1. The number of nitrogens with one attached hydrogen (secondary N) is 1. The molecule has 1 aromatic rings. The van der Waals surface area contributed by atoms with E-state index >= 15 is 0 Å². The lowest BCUT2D eigenvalue weighted by Crippen LogP contribution is -2.14. The number of rotatable bonds is 2. The van der Waals surface area contributed by atoms with E-state index in [-0.39, 0.29) is 17.5 Å². The van der Waals surface area contributed by atoms with Crippen LogP contribution < -0.4 is 5.32 Å². The van der Waals surface area contributed by atoms with Crippen LogP contribution in [0.3, 0.4) is 0 Å². The Bertz CT molecular complexity index is 523. The molecule has 0 aromatic heterocycles. The topological polar surface area (TPSA) is 35.8 Å². The molecule has 0 amide bonds. The molecule has 1 aromatic carbocycles. The van der Waals surface area contributed by atoms with Crippen molar-refractivity contribution in [3.63, 3.8) is 0 Å². The third-order valence-corrected chi connectivity index (χ3v) is 2.36. The Balaban J connectivity index is 3.25. The zero-order valence-electron chi connectivity index (χ0n) is 9.56. The molecule has 0 saturated carbocycles. The lowest BCUT2D eigenvalue weighted by atomic mass is 10.1. The molecule has 0 radical (unpaired) electrons. The molecule has 2 nitrogen and oxygen atoms in total. The van der Waals surface area contributed by atoms with Crippen LogP contribution >= 0.6 is 12.2 Å². The van der Waals surface area contributed by atoms with Crippen molar-refractivity contribution >= 4 is 22.9 Å². The fourth-order valence-electron chi connectivity index (χ4n) is 1.30. The van der Waals surface area contributed by atoms with Gasteiger partial charge in [-0.2, -0.15) is 31.6 Å². The molecule has 0 unspecified atom stereocenters. The fourth-order valence-corrected chi connectivity index (χ4v) is 1.49. The predicted octanol–water partition coefficient (Wildman–Crippen LogP) is 4.38. The molecule has 0 spiro atoms. The molecule has 20 heavy (non-hydrogen) atoms. The highest BCUT2D eigenvalue weighted by Gasteiger charge is 2.36. The van der Waals surface area contributed by atoms with Crippen molar-refractivity contribution in [1.82, 2.24) is 0 Å². The normalized spacial score (nSPS) is 11.8. The molecule has 1 N–H and O–H groups in total. The van der Waals surface area contributed by atoms with E-state index in [0.717, 1.165) is 0 Å². The van der Waals surface area contributed by atoms with Gasteiger partial charge in [-0.05, 0) is 18.2 Å². The van der Waals surface area contributed by atoms with Gasteiger partial charge in [0.2, 0.25) is 0 Å². The van der Waals surface area contributed by atoms with Gasteiger partial charge in [0, 0.05) is 5.69 Å². The van der Waals surface area contributed by atoms with E-state index in [0.29, 0.717) is 12.1 Å². The Morgan fingerprint density at radius 3 is 1.85 bits per heavy atom. The molecule has 0 aliphatic rings. The predicted molar refractivity (Wildman–Crippen MR) is 62.9 cm³/mol. The van der Waals surface area contributed by atoms with Crippen molar-refractivity contribution in [3.8, 4) is 6.07 Å². The zero-order chi connectivity index (χ0) is 15.6. The largest absolute Gasteiger partial charge is 0.416 e. The molecular formula is C11H6F6N2S. The van der Waals surface area contributed by atoms with E-state index in [1.54, 1.807) is 6.07 Å². The Kier molecular flexibility index (Phi) is 4.60. The third-order valence-electron chi connectivity index (χ3n) is 2.11. The molecule has 1 rings (SSSR count). The van der Waals surface area contributed by atoms with Crippen molar-refractivity contribution in [2.45, 2.75) is 18.8 Å². The Morgan fingerprint density at radius 2 is 1.50 bits per heavy atom. The van der Waals surface area contributed by atoms with Crippen LogP contribution in [0.15, 0.2) is 18.2 Å². The molecule has 0 aliphatic carbocycles. The first kappa shape index (κ1) is 16.2. The molecule has 0 saturated heterocycles. The fraction of sp³-hybridized carbons (Fsp3) is 0.273. The van der Waals surface area contributed by atoms with Crippen LogP contribution in [0.25, 0.3) is 0 Å². The van der Waals surface area contributed by atoms with E-state index < -0.39 is 29.2 Å². The summed E-state index contributed by atoms with van der Waals surface area (Å²) in [5.74, 6) is 0. The molecule has 9 heteroatoms. The molecule has 0 fully saturated rings. The number of hydrogen-bond acceptors (Lipinski definition) is 2. The van der Waals surface area contributed by atoms with Crippen molar-refractivity contribution < 1.29 is 26.3 Å². The second-order valence-electron chi connectivity index (χ2n) is 3.68. The number of thiocarbonyl (C=S) groups is 1. The minimum Gasteiger partial charge on any atom is -0.349 e. The summed E-state index contributed by atoms with van der Waals surface area (Å²) in [6, 6.07) is 2.64. The molecule has 108 valence electrons. The summed E-state index contributed by atoms with van der Waals surface area (Å²) in [6.45, 7) is 0. The maximum atomic E-state index is 12.5. The Morgan fingerprint density at radius 1 is 1.05 bits per heavy atom. The van der Waals surface area contributed by atoms with Crippen LogP contribution in [0, 0.1) is 11.3 Å². The minimum atomic E-state index is -4.92. The van der Waals surface area contributed by atoms with E-state index in [2.05, 4.69) is 17.5 Å². The molecular weight excluding hydrogens is 306 g/mol. The summed E-state index contributed by atoms with van der Waals surface area (Å²) >= 11 is 4.61. The third kappa shape index (κ3) is 4.38. The summed E-state index contributed by atoms with van der Waals surface area (Å²) in [6.07, 6.45) is -10.2. The van der Waals surface area contributed by atoms with Gasteiger partial charge in [0.15, 0.2) is 0 Å². The number of benzene rings is 1. The molecule has 0 bridgehead atoms. The van der Waals surface area contributed by atoms with Crippen LogP contribution in [0.5, 0.6) is 0 Å². The van der Waals surface area contributed by atoms with E-state index in [4.69, 9.17) is 5.26 Å². The van der Waals surface area contributed by atoms with Gasteiger partial charge in [0.25, 0.3) is 0 Å². The van der Waals surface area contributed by atoms with E-state index in [9.17, 15) is 26.3 Å². The van der Waals surface area contributed by atoms with Crippen molar-refractivity contribution in [2.24, 2.45) is 0 Å². The highest BCUT2D eigenvalue weighted by molar-refractivity contribution is 7.80. The first-order valence-electron chi connectivity index (χ1n) is 5.00. The average molecular weight is 312 g/mol. The average Bonchev–Trinajstić information content (AvgIpc) is 2.26. The van der Waals surface area contributed by atoms with Gasteiger partial charge >= 0.3 is 12.4 Å². The molecule has 0 atom stereocenters. The monoisotopic (exact) mass is 312 g/mol. The smallest absolute Gasteiger partial charge is 0.349 e. The second-order valence-corrected chi connectivity index (χ2v) is 4.17. The maximum absolute atomic E-state index is 12.5. The van der Waals surface area contributed by atoms with Crippen LogP contribution in [0.4, 0.5) is 32.0 Å². The summed E-state index contributed by atoms with van der Waals surface area (Å²) in [5, 5.41) is 10.5. The highest BCUT2D eigenvalue weighted by atomic mass is 32.1. The SMILES string of the molecule is N#CCC(=S)Nc1cc(C(F)(F)F)cc(C(F)(F)F)c1. The zero-order valence-corrected chi connectivity index (χ0v) is 10.4. The summed E-state index contributed by atoms with van der Waals surface area (Å²) in [4.78, 5) is -0.167. The van der Waals surface area contributed by atoms with Gasteiger partial charge in [0.05, 0.1) is 28.6 Å². The first-order chi connectivity index (χ1) is 9.04. The van der Waals surface area contributed by atoms with Crippen LogP contribution in [-0.4, -0.2) is 4.99 Å². The van der Waals surface area contributed by atoms with E-state index in [1.165, 1.54) is 0 Å². The maximum Gasteiger partial charge on any atom is 0.416 e.